The normalized spacial score (nSPS) is 22.2. The average molecular weight is 295 g/mol. The second kappa shape index (κ2) is 7.66. The highest BCUT2D eigenvalue weighted by Crippen LogP contribution is 2.27. The van der Waals surface area contributed by atoms with Crippen molar-refractivity contribution < 1.29 is 9.59 Å². The summed E-state index contributed by atoms with van der Waals surface area (Å²) in [7, 11) is 0. The van der Waals surface area contributed by atoms with Crippen LogP contribution in [0.2, 0.25) is 0 Å². The van der Waals surface area contributed by atoms with Gasteiger partial charge in [-0.3, -0.25) is 4.79 Å². The van der Waals surface area contributed by atoms with Crippen LogP contribution in [-0.2, 0) is 4.79 Å². The smallest absolute Gasteiger partial charge is 0.317 e. The molecular formula is C16H29N3O2. The zero-order chi connectivity index (χ0) is 15.2. The van der Waals surface area contributed by atoms with Gasteiger partial charge in [-0.1, -0.05) is 13.8 Å². The number of carbonyl (C=O) groups excluding carboxylic acids is 2. The van der Waals surface area contributed by atoms with Gasteiger partial charge >= 0.3 is 6.03 Å². The van der Waals surface area contributed by atoms with E-state index in [0.29, 0.717) is 31.3 Å². The predicted octanol–water partition coefficient (Wildman–Crippen LogP) is 1.98. The van der Waals surface area contributed by atoms with Gasteiger partial charge < -0.3 is 15.5 Å². The van der Waals surface area contributed by atoms with Gasteiger partial charge in [-0.25, -0.2) is 4.79 Å². The van der Waals surface area contributed by atoms with Crippen molar-refractivity contribution in [3.05, 3.63) is 0 Å². The molecule has 1 unspecified atom stereocenters. The first kappa shape index (κ1) is 16.1. The summed E-state index contributed by atoms with van der Waals surface area (Å²) in [5.74, 6) is 1.64. The number of likely N-dealkylation sites (tertiary alicyclic amines) is 1. The standard InChI is InChI=1S/C16H29N3O2/c1-12(2)9-18-16(21)19-7-3-4-14(11-19)8-15(20)17-10-13-5-6-13/h12-14H,3-11H2,1-2H3,(H,17,20)(H,18,21). The topological polar surface area (TPSA) is 61.4 Å². The number of nitrogens with zero attached hydrogens (tertiary/aromatic N) is 1. The molecule has 5 nitrogen and oxygen atoms in total. The molecule has 0 bridgehead atoms. The molecule has 2 fully saturated rings. The van der Waals surface area contributed by atoms with E-state index in [4.69, 9.17) is 0 Å². The minimum Gasteiger partial charge on any atom is -0.356 e. The molecule has 120 valence electrons. The number of piperidine rings is 1. The van der Waals surface area contributed by atoms with E-state index in [1.807, 2.05) is 4.90 Å². The van der Waals surface area contributed by atoms with Gasteiger partial charge in [0.2, 0.25) is 5.91 Å². The van der Waals surface area contributed by atoms with Gasteiger partial charge in [0, 0.05) is 32.6 Å². The largest absolute Gasteiger partial charge is 0.356 e. The monoisotopic (exact) mass is 295 g/mol. The van der Waals surface area contributed by atoms with Crippen molar-refractivity contribution in [1.82, 2.24) is 15.5 Å². The molecule has 2 aliphatic rings. The summed E-state index contributed by atoms with van der Waals surface area (Å²) in [4.78, 5) is 25.8. The van der Waals surface area contributed by atoms with E-state index in [9.17, 15) is 9.59 Å². The van der Waals surface area contributed by atoms with Crippen LogP contribution in [0, 0.1) is 17.8 Å². The van der Waals surface area contributed by atoms with Gasteiger partial charge in [0.15, 0.2) is 0 Å². The molecule has 3 amide bonds. The lowest BCUT2D eigenvalue weighted by Gasteiger charge is -2.32. The van der Waals surface area contributed by atoms with Gasteiger partial charge in [0.1, 0.15) is 0 Å². The van der Waals surface area contributed by atoms with Crippen LogP contribution in [-0.4, -0.2) is 43.0 Å². The maximum atomic E-state index is 12.1. The van der Waals surface area contributed by atoms with Crippen molar-refractivity contribution in [2.24, 2.45) is 17.8 Å². The fourth-order valence-electron chi connectivity index (χ4n) is 2.73. The minimum absolute atomic E-state index is 0.0202. The summed E-state index contributed by atoms with van der Waals surface area (Å²) in [6.45, 7) is 7.24. The summed E-state index contributed by atoms with van der Waals surface area (Å²) in [6.07, 6.45) is 5.11. The summed E-state index contributed by atoms with van der Waals surface area (Å²) < 4.78 is 0. The van der Waals surface area contributed by atoms with Gasteiger partial charge in [0.05, 0.1) is 0 Å². The van der Waals surface area contributed by atoms with Crippen LogP contribution in [0.3, 0.4) is 0 Å². The van der Waals surface area contributed by atoms with E-state index in [1.54, 1.807) is 0 Å². The van der Waals surface area contributed by atoms with E-state index in [1.165, 1.54) is 12.8 Å². The van der Waals surface area contributed by atoms with Crippen molar-refractivity contribution in [2.45, 2.75) is 46.0 Å². The van der Waals surface area contributed by atoms with E-state index < -0.39 is 0 Å². The molecule has 1 saturated carbocycles. The Balaban J connectivity index is 1.69. The summed E-state index contributed by atoms with van der Waals surface area (Å²) in [5.41, 5.74) is 0. The van der Waals surface area contributed by atoms with Crippen molar-refractivity contribution in [3.8, 4) is 0 Å². The van der Waals surface area contributed by atoms with E-state index in [2.05, 4.69) is 24.5 Å². The molecule has 1 atom stereocenters. The van der Waals surface area contributed by atoms with Crippen LogP contribution in [0.25, 0.3) is 0 Å². The maximum absolute atomic E-state index is 12.1. The maximum Gasteiger partial charge on any atom is 0.317 e. The highest BCUT2D eigenvalue weighted by atomic mass is 16.2. The third-order valence-electron chi connectivity index (χ3n) is 4.23. The molecule has 0 spiro atoms. The van der Waals surface area contributed by atoms with Gasteiger partial charge in [-0.15, -0.1) is 0 Å². The number of nitrogens with one attached hydrogen (secondary N) is 2. The number of amides is 3. The number of rotatable bonds is 6. The highest BCUT2D eigenvalue weighted by molar-refractivity contribution is 5.77. The third kappa shape index (κ3) is 5.94. The Hall–Kier alpha value is -1.26. The Bertz CT molecular complexity index is 367. The summed E-state index contributed by atoms with van der Waals surface area (Å²) in [5, 5.41) is 5.98. The third-order valence-corrected chi connectivity index (χ3v) is 4.23. The number of hydrogen-bond acceptors (Lipinski definition) is 2. The lowest BCUT2D eigenvalue weighted by Crippen LogP contribution is -2.47. The molecule has 0 aromatic heterocycles. The van der Waals surface area contributed by atoms with E-state index >= 15 is 0 Å². The number of carbonyl (C=O) groups is 2. The Morgan fingerprint density at radius 2 is 1.90 bits per heavy atom. The second-order valence-corrected chi connectivity index (χ2v) is 6.99. The highest BCUT2D eigenvalue weighted by Gasteiger charge is 2.26. The van der Waals surface area contributed by atoms with Crippen molar-refractivity contribution in [3.63, 3.8) is 0 Å². The number of urea groups is 1. The Kier molecular flexibility index (Phi) is 5.88. The minimum atomic E-state index is 0.0202. The summed E-state index contributed by atoms with van der Waals surface area (Å²) in [6, 6.07) is 0.0202. The van der Waals surface area contributed by atoms with Crippen LogP contribution in [0.5, 0.6) is 0 Å². The zero-order valence-electron chi connectivity index (χ0n) is 13.4. The molecule has 2 N–H and O–H groups in total. The van der Waals surface area contributed by atoms with Crippen LogP contribution in [0.15, 0.2) is 0 Å². The molecule has 5 heteroatoms. The van der Waals surface area contributed by atoms with E-state index in [-0.39, 0.29) is 11.9 Å². The summed E-state index contributed by atoms with van der Waals surface area (Å²) >= 11 is 0. The van der Waals surface area contributed by atoms with Crippen LogP contribution >= 0.6 is 0 Å². The van der Waals surface area contributed by atoms with Crippen molar-refractivity contribution in [1.29, 1.82) is 0 Å². The molecular weight excluding hydrogens is 266 g/mol. The first-order valence-corrected chi connectivity index (χ1v) is 8.34. The van der Waals surface area contributed by atoms with Crippen molar-refractivity contribution >= 4 is 11.9 Å². The predicted molar refractivity (Wildman–Crippen MR) is 82.9 cm³/mol. The van der Waals surface area contributed by atoms with E-state index in [0.717, 1.165) is 31.8 Å². The van der Waals surface area contributed by atoms with Crippen LogP contribution < -0.4 is 10.6 Å². The Morgan fingerprint density at radius 3 is 2.57 bits per heavy atom. The zero-order valence-corrected chi connectivity index (χ0v) is 13.4. The fraction of sp³-hybridized carbons (Fsp3) is 0.875. The molecule has 2 rings (SSSR count). The lowest BCUT2D eigenvalue weighted by molar-refractivity contribution is -0.122. The van der Waals surface area contributed by atoms with Gasteiger partial charge in [0.25, 0.3) is 0 Å². The quantitative estimate of drug-likeness (QED) is 0.787. The SMILES string of the molecule is CC(C)CNC(=O)N1CCCC(CC(=O)NCC2CC2)C1. The molecule has 0 radical (unpaired) electrons. The molecule has 1 aliphatic heterocycles. The second-order valence-electron chi connectivity index (χ2n) is 6.99. The first-order chi connectivity index (χ1) is 10.0. The molecule has 0 aromatic rings. The molecule has 0 aromatic carbocycles. The lowest BCUT2D eigenvalue weighted by atomic mass is 9.94. The van der Waals surface area contributed by atoms with Crippen LogP contribution in [0.1, 0.15) is 46.0 Å². The van der Waals surface area contributed by atoms with Crippen LogP contribution in [0.4, 0.5) is 4.79 Å². The first-order valence-electron chi connectivity index (χ1n) is 8.34. The van der Waals surface area contributed by atoms with Gasteiger partial charge in [-0.05, 0) is 43.4 Å². The molecule has 21 heavy (non-hydrogen) atoms. The Labute approximate surface area is 127 Å². The number of hydrogen-bond donors (Lipinski definition) is 2. The van der Waals surface area contributed by atoms with Gasteiger partial charge in [-0.2, -0.15) is 0 Å². The van der Waals surface area contributed by atoms with Crippen molar-refractivity contribution in [2.75, 3.05) is 26.2 Å². The molecule has 1 heterocycles. The Morgan fingerprint density at radius 1 is 1.14 bits per heavy atom. The molecule has 1 aliphatic carbocycles. The average Bonchev–Trinajstić information content (AvgIpc) is 3.27. The molecule has 1 saturated heterocycles. The fourth-order valence-corrected chi connectivity index (χ4v) is 2.73.